The number of aryl methyl sites for hydroxylation is 1. The first-order valence-electron chi connectivity index (χ1n) is 7.61. The molecule has 1 amide bonds. The lowest BCUT2D eigenvalue weighted by Crippen LogP contribution is -2.12. The summed E-state index contributed by atoms with van der Waals surface area (Å²) in [6.45, 7) is 1.97. The van der Waals surface area contributed by atoms with Crippen LogP contribution in [0.2, 0.25) is 0 Å². The highest BCUT2D eigenvalue weighted by molar-refractivity contribution is 7.16. The van der Waals surface area contributed by atoms with E-state index in [4.69, 9.17) is 0 Å². The molecule has 1 aromatic heterocycles. The molecule has 126 valence electrons. The van der Waals surface area contributed by atoms with E-state index in [0.717, 1.165) is 16.1 Å². The fourth-order valence-electron chi connectivity index (χ4n) is 2.36. The summed E-state index contributed by atoms with van der Waals surface area (Å²) in [4.78, 5) is 29.3. The Balaban J connectivity index is 1.76. The first-order chi connectivity index (χ1) is 12.1. The Labute approximate surface area is 149 Å². The van der Waals surface area contributed by atoms with Gasteiger partial charge in [-0.3, -0.25) is 10.1 Å². The molecule has 1 heterocycles. The van der Waals surface area contributed by atoms with Crippen LogP contribution in [0.1, 0.15) is 25.6 Å². The fraction of sp³-hybridized carbons (Fsp3) is 0.105. The van der Waals surface area contributed by atoms with E-state index in [-0.39, 0.29) is 5.91 Å². The van der Waals surface area contributed by atoms with Gasteiger partial charge >= 0.3 is 5.97 Å². The minimum absolute atomic E-state index is 0.273. The van der Waals surface area contributed by atoms with E-state index in [2.05, 4.69) is 15.0 Å². The third kappa shape index (κ3) is 3.75. The quantitative estimate of drug-likeness (QED) is 0.716. The van der Waals surface area contributed by atoms with Crippen molar-refractivity contribution in [3.8, 4) is 11.3 Å². The average molecular weight is 352 g/mol. The summed E-state index contributed by atoms with van der Waals surface area (Å²) in [5.41, 5.74) is 2.72. The Bertz CT molecular complexity index is 902. The number of thiazole rings is 1. The van der Waals surface area contributed by atoms with Crippen LogP contribution in [0.25, 0.3) is 11.3 Å². The molecule has 0 aliphatic heterocycles. The van der Waals surface area contributed by atoms with Crippen LogP contribution in [0, 0.1) is 6.92 Å². The number of rotatable bonds is 4. The van der Waals surface area contributed by atoms with Crippen molar-refractivity contribution in [2.24, 2.45) is 0 Å². The van der Waals surface area contributed by atoms with Crippen molar-refractivity contribution >= 4 is 28.3 Å². The van der Waals surface area contributed by atoms with Crippen LogP contribution in [-0.4, -0.2) is 24.0 Å². The molecular weight excluding hydrogens is 336 g/mol. The van der Waals surface area contributed by atoms with E-state index in [1.54, 1.807) is 24.3 Å². The van der Waals surface area contributed by atoms with Gasteiger partial charge in [0.15, 0.2) is 5.13 Å². The second-order valence-electron chi connectivity index (χ2n) is 5.31. The highest BCUT2D eigenvalue weighted by Gasteiger charge is 2.14. The van der Waals surface area contributed by atoms with Crippen LogP contribution >= 0.6 is 11.3 Å². The normalized spacial score (nSPS) is 10.3. The predicted octanol–water partition coefficient (Wildman–Crippen LogP) is 4.16. The third-order valence-corrected chi connectivity index (χ3v) is 4.52. The number of nitrogens with zero attached hydrogens (tertiary/aromatic N) is 1. The lowest BCUT2D eigenvalue weighted by molar-refractivity contribution is 0.0600. The summed E-state index contributed by atoms with van der Waals surface area (Å²) < 4.78 is 4.64. The number of carbonyl (C=O) groups excluding carboxylic acids is 2. The first kappa shape index (κ1) is 16.9. The van der Waals surface area contributed by atoms with Crippen molar-refractivity contribution in [1.82, 2.24) is 4.98 Å². The molecule has 3 rings (SSSR count). The first-order valence-corrected chi connectivity index (χ1v) is 8.42. The molecule has 0 unspecified atom stereocenters. The molecule has 0 aliphatic rings. The Kier molecular flexibility index (Phi) is 4.90. The number of ether oxygens (including phenoxy) is 1. The lowest BCUT2D eigenvalue weighted by atomic mass is 10.1. The number of amides is 1. The Morgan fingerprint density at radius 2 is 1.64 bits per heavy atom. The smallest absolute Gasteiger partial charge is 0.337 e. The van der Waals surface area contributed by atoms with Gasteiger partial charge in [-0.25, -0.2) is 9.78 Å². The van der Waals surface area contributed by atoms with E-state index >= 15 is 0 Å². The number of methoxy groups -OCH3 is 1. The van der Waals surface area contributed by atoms with Gasteiger partial charge in [-0.05, 0) is 31.2 Å². The van der Waals surface area contributed by atoms with Crippen LogP contribution < -0.4 is 5.32 Å². The second-order valence-corrected chi connectivity index (χ2v) is 6.52. The number of carbonyl (C=O) groups is 2. The summed E-state index contributed by atoms with van der Waals surface area (Å²) in [7, 11) is 1.32. The third-order valence-electron chi connectivity index (χ3n) is 3.63. The topological polar surface area (TPSA) is 68.3 Å². The van der Waals surface area contributed by atoms with Gasteiger partial charge in [-0.1, -0.05) is 30.3 Å². The maximum absolute atomic E-state index is 12.4. The molecule has 0 fully saturated rings. The van der Waals surface area contributed by atoms with Crippen LogP contribution in [-0.2, 0) is 4.74 Å². The number of esters is 1. The average Bonchev–Trinajstić information content (AvgIpc) is 3.02. The highest BCUT2D eigenvalue weighted by Crippen LogP contribution is 2.30. The number of hydrogen-bond acceptors (Lipinski definition) is 5. The Morgan fingerprint density at radius 3 is 2.28 bits per heavy atom. The lowest BCUT2D eigenvalue weighted by Gasteiger charge is -2.03. The van der Waals surface area contributed by atoms with Crippen molar-refractivity contribution < 1.29 is 14.3 Å². The number of nitrogens with one attached hydrogen (secondary N) is 1. The molecule has 2 aromatic carbocycles. The van der Waals surface area contributed by atoms with E-state index in [1.807, 2.05) is 37.3 Å². The van der Waals surface area contributed by atoms with Gasteiger partial charge in [-0.2, -0.15) is 0 Å². The number of aromatic nitrogens is 1. The summed E-state index contributed by atoms with van der Waals surface area (Å²) in [6, 6.07) is 16.1. The van der Waals surface area contributed by atoms with E-state index in [1.165, 1.54) is 18.4 Å². The maximum Gasteiger partial charge on any atom is 0.337 e. The largest absolute Gasteiger partial charge is 0.465 e. The molecule has 25 heavy (non-hydrogen) atoms. The van der Waals surface area contributed by atoms with Gasteiger partial charge in [-0.15, -0.1) is 11.3 Å². The van der Waals surface area contributed by atoms with Crippen molar-refractivity contribution in [1.29, 1.82) is 0 Å². The summed E-state index contributed by atoms with van der Waals surface area (Å²) >= 11 is 1.43. The monoisotopic (exact) mass is 352 g/mol. The summed E-state index contributed by atoms with van der Waals surface area (Å²) in [6.07, 6.45) is 0. The van der Waals surface area contributed by atoms with Crippen molar-refractivity contribution in [2.45, 2.75) is 6.92 Å². The van der Waals surface area contributed by atoms with Gasteiger partial charge in [0.1, 0.15) is 0 Å². The molecule has 0 bridgehead atoms. The zero-order valence-corrected chi connectivity index (χ0v) is 14.6. The molecule has 0 spiro atoms. The van der Waals surface area contributed by atoms with E-state index in [0.29, 0.717) is 16.3 Å². The summed E-state index contributed by atoms with van der Waals surface area (Å²) in [5.74, 6) is -0.709. The Morgan fingerprint density at radius 1 is 1.00 bits per heavy atom. The zero-order valence-electron chi connectivity index (χ0n) is 13.8. The maximum atomic E-state index is 12.4. The number of benzene rings is 2. The molecule has 0 atom stereocenters. The van der Waals surface area contributed by atoms with Crippen molar-refractivity contribution in [3.05, 3.63) is 70.6 Å². The minimum atomic E-state index is -0.435. The molecule has 0 saturated carbocycles. The van der Waals surface area contributed by atoms with Crippen molar-refractivity contribution in [2.75, 3.05) is 12.4 Å². The van der Waals surface area contributed by atoms with Crippen LogP contribution in [0.5, 0.6) is 0 Å². The second kappa shape index (κ2) is 7.27. The molecule has 5 nitrogen and oxygen atoms in total. The number of anilines is 1. The summed E-state index contributed by atoms with van der Waals surface area (Å²) in [5, 5.41) is 3.34. The molecule has 1 N–H and O–H groups in total. The van der Waals surface area contributed by atoms with Gasteiger partial charge in [0.2, 0.25) is 0 Å². The molecule has 0 saturated heterocycles. The number of hydrogen-bond donors (Lipinski definition) is 1. The van der Waals surface area contributed by atoms with E-state index < -0.39 is 5.97 Å². The molecule has 6 heteroatoms. The predicted molar refractivity (Wildman–Crippen MR) is 98.0 cm³/mol. The standard InChI is InChI=1S/C19H16N2O3S/c1-12-16(13-6-4-3-5-7-13)20-19(25-12)21-17(22)14-8-10-15(11-9-14)18(23)24-2/h3-11H,1-2H3,(H,20,21,22). The molecule has 0 aliphatic carbocycles. The molecule has 3 aromatic rings. The van der Waals surface area contributed by atoms with Gasteiger partial charge in [0.25, 0.3) is 5.91 Å². The fourth-order valence-corrected chi connectivity index (χ4v) is 3.19. The Hall–Kier alpha value is -2.99. The van der Waals surface area contributed by atoms with Crippen LogP contribution in [0.4, 0.5) is 5.13 Å². The molecular formula is C19H16N2O3S. The van der Waals surface area contributed by atoms with Crippen LogP contribution in [0.3, 0.4) is 0 Å². The van der Waals surface area contributed by atoms with Gasteiger partial charge in [0, 0.05) is 16.0 Å². The van der Waals surface area contributed by atoms with Crippen LogP contribution in [0.15, 0.2) is 54.6 Å². The SMILES string of the molecule is COC(=O)c1ccc(C(=O)Nc2nc(-c3ccccc3)c(C)s2)cc1. The zero-order chi connectivity index (χ0) is 17.8. The van der Waals surface area contributed by atoms with Crippen molar-refractivity contribution in [3.63, 3.8) is 0 Å². The van der Waals surface area contributed by atoms with E-state index in [9.17, 15) is 9.59 Å². The minimum Gasteiger partial charge on any atom is -0.465 e. The highest BCUT2D eigenvalue weighted by atomic mass is 32.1. The van der Waals surface area contributed by atoms with Gasteiger partial charge in [0.05, 0.1) is 18.4 Å². The van der Waals surface area contributed by atoms with Gasteiger partial charge < -0.3 is 4.74 Å². The molecule has 0 radical (unpaired) electrons.